The van der Waals surface area contributed by atoms with E-state index in [2.05, 4.69) is 10.4 Å². The number of carbonyl (C=O) groups excluding carboxylic acids is 1. The van der Waals surface area contributed by atoms with E-state index >= 15 is 0 Å². The van der Waals surface area contributed by atoms with Crippen molar-refractivity contribution in [2.75, 3.05) is 5.32 Å². The lowest BCUT2D eigenvalue weighted by atomic mass is 10.2. The molecule has 0 unspecified atom stereocenters. The molecule has 0 bridgehead atoms. The van der Waals surface area contributed by atoms with Crippen molar-refractivity contribution < 1.29 is 22.7 Å². The van der Waals surface area contributed by atoms with E-state index in [9.17, 15) is 17.6 Å². The van der Waals surface area contributed by atoms with Crippen LogP contribution in [0.4, 0.5) is 10.2 Å². The van der Waals surface area contributed by atoms with E-state index in [1.165, 1.54) is 7.05 Å². The van der Waals surface area contributed by atoms with Crippen LogP contribution in [-0.4, -0.2) is 29.2 Å². The lowest BCUT2D eigenvalue weighted by Crippen LogP contribution is -2.18. The van der Waals surface area contributed by atoms with Crippen LogP contribution in [0.2, 0.25) is 0 Å². The van der Waals surface area contributed by atoms with Crippen molar-refractivity contribution in [2.45, 2.75) is 4.90 Å². The smallest absolute Gasteiger partial charge is 0.259 e. The molecule has 8 nitrogen and oxygen atoms in total. The molecule has 1 heterocycles. The number of sulfonamides is 1. The van der Waals surface area contributed by atoms with E-state index in [4.69, 9.17) is 10.2 Å². The van der Waals surface area contributed by atoms with Crippen LogP contribution in [0, 0.1) is 5.82 Å². The summed E-state index contributed by atoms with van der Waals surface area (Å²) < 4.78 is 37.4. The minimum atomic E-state index is -4.09. The van der Waals surface area contributed by atoms with Gasteiger partial charge in [-0.1, -0.05) is 0 Å². The Morgan fingerprint density at radius 2 is 2.14 bits per heavy atom. The highest BCUT2D eigenvalue weighted by atomic mass is 32.2. The van der Waals surface area contributed by atoms with Crippen LogP contribution in [0.3, 0.4) is 0 Å². The molecular formula is C11H11FN4O4S. The van der Waals surface area contributed by atoms with Crippen molar-refractivity contribution in [1.82, 2.24) is 9.78 Å². The minimum absolute atomic E-state index is 0.308. The summed E-state index contributed by atoms with van der Waals surface area (Å²) in [6, 6.07) is 2.94. The zero-order valence-corrected chi connectivity index (χ0v) is 11.6. The first-order valence-corrected chi connectivity index (χ1v) is 7.09. The number of anilines is 1. The number of carbonyl (C=O) groups is 1. The number of aromatic nitrogens is 2. The molecule has 21 heavy (non-hydrogen) atoms. The molecule has 10 heteroatoms. The number of rotatable bonds is 3. The lowest BCUT2D eigenvalue weighted by Gasteiger charge is -2.05. The maximum Gasteiger partial charge on any atom is 0.259 e. The van der Waals surface area contributed by atoms with Crippen LogP contribution in [0.5, 0.6) is 5.75 Å². The third-order valence-corrected chi connectivity index (χ3v) is 3.44. The fourth-order valence-electron chi connectivity index (χ4n) is 1.62. The second-order valence-electron chi connectivity index (χ2n) is 4.18. The summed E-state index contributed by atoms with van der Waals surface area (Å²) in [7, 11) is -2.65. The Labute approximate surface area is 119 Å². The maximum atomic E-state index is 13.6. The zero-order valence-electron chi connectivity index (χ0n) is 10.7. The van der Waals surface area contributed by atoms with E-state index in [0.29, 0.717) is 0 Å². The summed E-state index contributed by atoms with van der Waals surface area (Å²) in [4.78, 5) is 11.5. The molecular weight excluding hydrogens is 303 g/mol. The van der Waals surface area contributed by atoms with E-state index < -0.39 is 26.6 Å². The Morgan fingerprint density at radius 1 is 1.48 bits per heavy atom. The SMILES string of the molecule is Cn1cc(S(N)(=O)=O)c(NC(=O)c2ccc(O)cc2F)n1. The van der Waals surface area contributed by atoms with E-state index in [-0.39, 0.29) is 17.1 Å². The molecule has 0 fully saturated rings. The molecule has 0 aliphatic heterocycles. The van der Waals surface area contributed by atoms with Gasteiger partial charge in [-0.3, -0.25) is 9.48 Å². The molecule has 0 aliphatic carbocycles. The Bertz CT molecular complexity index is 816. The Balaban J connectivity index is 2.36. The molecule has 0 aliphatic rings. The van der Waals surface area contributed by atoms with Crippen molar-refractivity contribution in [3.05, 3.63) is 35.8 Å². The van der Waals surface area contributed by atoms with Gasteiger partial charge in [0.25, 0.3) is 5.91 Å². The van der Waals surface area contributed by atoms with Gasteiger partial charge in [0.1, 0.15) is 16.5 Å². The summed E-state index contributed by atoms with van der Waals surface area (Å²) in [5.74, 6) is -2.53. The van der Waals surface area contributed by atoms with Crippen molar-refractivity contribution in [2.24, 2.45) is 12.2 Å². The van der Waals surface area contributed by atoms with Gasteiger partial charge >= 0.3 is 0 Å². The highest BCUT2D eigenvalue weighted by Crippen LogP contribution is 2.20. The number of nitrogens with two attached hydrogens (primary N) is 1. The van der Waals surface area contributed by atoms with Gasteiger partial charge in [-0.15, -0.1) is 0 Å². The van der Waals surface area contributed by atoms with Gasteiger partial charge in [-0.2, -0.15) is 5.10 Å². The van der Waals surface area contributed by atoms with Crippen LogP contribution in [0.25, 0.3) is 0 Å². The van der Waals surface area contributed by atoms with Crippen LogP contribution in [0.15, 0.2) is 29.3 Å². The Hall–Kier alpha value is -2.46. The van der Waals surface area contributed by atoms with Crippen molar-refractivity contribution >= 4 is 21.7 Å². The van der Waals surface area contributed by atoms with Crippen molar-refractivity contribution in [3.63, 3.8) is 0 Å². The molecule has 1 aromatic heterocycles. The van der Waals surface area contributed by atoms with Crippen LogP contribution >= 0.6 is 0 Å². The molecule has 0 radical (unpaired) electrons. The highest BCUT2D eigenvalue weighted by Gasteiger charge is 2.21. The largest absolute Gasteiger partial charge is 0.508 e. The number of aromatic hydroxyl groups is 1. The second kappa shape index (κ2) is 5.14. The first-order valence-electron chi connectivity index (χ1n) is 5.55. The number of aryl methyl sites for hydroxylation is 1. The monoisotopic (exact) mass is 314 g/mol. The van der Waals surface area contributed by atoms with Gasteiger partial charge in [0.2, 0.25) is 10.0 Å². The van der Waals surface area contributed by atoms with E-state index in [1.807, 2.05) is 0 Å². The van der Waals surface area contributed by atoms with Crippen LogP contribution in [-0.2, 0) is 17.1 Å². The molecule has 2 rings (SSSR count). The van der Waals surface area contributed by atoms with E-state index in [1.54, 1.807) is 0 Å². The quantitative estimate of drug-likeness (QED) is 0.744. The Kier molecular flexibility index (Phi) is 3.66. The number of nitrogens with one attached hydrogen (secondary N) is 1. The fourth-order valence-corrected chi connectivity index (χ4v) is 2.29. The maximum absolute atomic E-state index is 13.6. The van der Waals surface area contributed by atoms with Gasteiger partial charge in [0.15, 0.2) is 5.82 Å². The standard InChI is InChI=1S/C11H11FN4O4S/c1-16-5-9(21(13,19)20)10(15-16)14-11(18)7-3-2-6(17)4-8(7)12/h2-5,17H,1H3,(H2,13,19,20)(H,14,15,18). The normalized spacial score (nSPS) is 11.4. The topological polar surface area (TPSA) is 127 Å². The molecule has 0 atom stereocenters. The van der Waals surface area contributed by atoms with Gasteiger partial charge in [-0.05, 0) is 12.1 Å². The van der Waals surface area contributed by atoms with Crippen LogP contribution < -0.4 is 10.5 Å². The number of nitrogens with zero attached hydrogens (tertiary/aromatic N) is 2. The van der Waals surface area contributed by atoms with E-state index in [0.717, 1.165) is 29.1 Å². The predicted octanol–water partition coefficient (Wildman–Crippen LogP) is 0.164. The minimum Gasteiger partial charge on any atom is -0.508 e. The molecule has 1 aromatic carbocycles. The number of primary sulfonamides is 1. The average Bonchev–Trinajstić information content (AvgIpc) is 2.69. The van der Waals surface area contributed by atoms with Gasteiger partial charge in [0.05, 0.1) is 5.56 Å². The number of benzene rings is 1. The average molecular weight is 314 g/mol. The summed E-state index contributed by atoms with van der Waals surface area (Å²) >= 11 is 0. The molecule has 112 valence electrons. The molecule has 0 saturated heterocycles. The predicted molar refractivity (Wildman–Crippen MR) is 70.6 cm³/mol. The summed E-state index contributed by atoms with van der Waals surface area (Å²) in [6.07, 6.45) is 1.11. The zero-order chi connectivity index (χ0) is 15.8. The third kappa shape index (κ3) is 3.17. The van der Waals surface area contributed by atoms with Crippen molar-refractivity contribution in [1.29, 1.82) is 0 Å². The first kappa shape index (κ1) is 14.9. The molecule has 1 amide bonds. The summed E-state index contributed by atoms with van der Waals surface area (Å²) in [5.41, 5.74) is -0.376. The van der Waals surface area contributed by atoms with Gasteiger partial charge in [0, 0.05) is 19.3 Å². The Morgan fingerprint density at radius 3 is 2.71 bits per heavy atom. The fraction of sp³-hybridized carbons (Fsp3) is 0.0909. The van der Waals surface area contributed by atoms with Gasteiger partial charge in [-0.25, -0.2) is 17.9 Å². The lowest BCUT2D eigenvalue weighted by molar-refractivity contribution is 0.102. The molecule has 2 aromatic rings. The third-order valence-electron chi connectivity index (χ3n) is 2.53. The number of phenolic OH excluding ortho intramolecular Hbond substituents is 1. The highest BCUT2D eigenvalue weighted by molar-refractivity contribution is 7.89. The van der Waals surface area contributed by atoms with Gasteiger partial charge < -0.3 is 10.4 Å². The second-order valence-corrected chi connectivity index (χ2v) is 5.71. The van der Waals surface area contributed by atoms with Crippen LogP contribution in [0.1, 0.15) is 10.4 Å². The molecule has 4 N–H and O–H groups in total. The number of phenols is 1. The van der Waals surface area contributed by atoms with Crippen molar-refractivity contribution in [3.8, 4) is 5.75 Å². The number of halogens is 1. The summed E-state index contributed by atoms with van der Waals surface area (Å²) in [5, 5.41) is 20.0. The number of hydrogen-bond donors (Lipinski definition) is 3. The number of hydrogen-bond acceptors (Lipinski definition) is 5. The first-order chi connectivity index (χ1) is 9.68. The summed E-state index contributed by atoms with van der Waals surface area (Å²) in [6.45, 7) is 0. The number of amides is 1. The molecule has 0 spiro atoms. The molecule has 0 saturated carbocycles.